The summed E-state index contributed by atoms with van der Waals surface area (Å²) in [5.41, 5.74) is 2.15. The summed E-state index contributed by atoms with van der Waals surface area (Å²) in [6.07, 6.45) is 6.28. The summed E-state index contributed by atoms with van der Waals surface area (Å²) in [5, 5.41) is 20.9. The van der Waals surface area contributed by atoms with Crippen molar-refractivity contribution in [1.82, 2.24) is 0 Å². The average Bonchev–Trinajstić information content (AvgIpc) is 2.72. The molecule has 0 spiro atoms. The van der Waals surface area contributed by atoms with Crippen molar-refractivity contribution in [3.8, 4) is 5.75 Å². The molecule has 2 rings (SSSR count). The van der Waals surface area contributed by atoms with E-state index in [0.29, 0.717) is 29.7 Å². The Morgan fingerprint density at radius 3 is 2.13 bits per heavy atom. The summed E-state index contributed by atoms with van der Waals surface area (Å²) >= 11 is 0. The Morgan fingerprint density at radius 1 is 1.06 bits per heavy atom. The van der Waals surface area contributed by atoms with Crippen LogP contribution < -0.4 is 4.74 Å². The van der Waals surface area contributed by atoms with E-state index < -0.39 is 29.3 Å². The number of aliphatic hydroxyl groups excluding tert-OH is 2. The van der Waals surface area contributed by atoms with E-state index in [2.05, 4.69) is 0 Å². The predicted octanol–water partition coefficient (Wildman–Crippen LogP) is 5.25. The zero-order chi connectivity index (χ0) is 23.3. The lowest BCUT2D eigenvalue weighted by Crippen LogP contribution is -2.39. The van der Waals surface area contributed by atoms with Crippen molar-refractivity contribution in [3.05, 3.63) is 69.8 Å². The third kappa shape index (κ3) is 4.88. The van der Waals surface area contributed by atoms with E-state index in [0.717, 1.165) is 11.1 Å². The molecule has 0 radical (unpaired) electrons. The van der Waals surface area contributed by atoms with Crippen molar-refractivity contribution in [3.63, 3.8) is 0 Å². The quantitative estimate of drug-likeness (QED) is 0.270. The molecule has 1 aromatic carbocycles. The summed E-state index contributed by atoms with van der Waals surface area (Å²) in [7, 11) is 1.45. The Kier molecular flexibility index (Phi) is 7.80. The van der Waals surface area contributed by atoms with Crippen LogP contribution >= 0.6 is 0 Å². The molecule has 1 aromatic rings. The van der Waals surface area contributed by atoms with Crippen LogP contribution in [0.5, 0.6) is 5.75 Å². The van der Waals surface area contributed by atoms with E-state index in [1.807, 2.05) is 39.8 Å². The molecular formula is C26H32O5. The largest absolute Gasteiger partial charge is 0.506 e. The molecule has 0 amide bonds. The Balaban J connectivity index is 2.78. The number of hydrogen-bond acceptors (Lipinski definition) is 5. The van der Waals surface area contributed by atoms with Crippen LogP contribution in [-0.2, 0) is 16.2 Å². The molecule has 0 aromatic heterocycles. The van der Waals surface area contributed by atoms with Crippen LogP contribution in [0.1, 0.15) is 58.6 Å². The van der Waals surface area contributed by atoms with Crippen LogP contribution in [0.15, 0.2) is 58.7 Å². The maximum atomic E-state index is 13.8. The van der Waals surface area contributed by atoms with Crippen LogP contribution in [0.3, 0.4) is 0 Å². The third-order valence-corrected chi connectivity index (χ3v) is 5.73. The molecule has 0 bridgehead atoms. The number of ketones is 2. The lowest BCUT2D eigenvalue weighted by molar-refractivity contribution is -0.126. The highest BCUT2D eigenvalue weighted by Gasteiger charge is 2.46. The first-order valence-corrected chi connectivity index (χ1v) is 10.3. The number of allylic oxidation sites excluding steroid dienone is 7. The molecule has 5 heteroatoms. The minimum Gasteiger partial charge on any atom is -0.506 e. The highest BCUT2D eigenvalue weighted by Crippen LogP contribution is 2.45. The van der Waals surface area contributed by atoms with Crippen LogP contribution in [0.2, 0.25) is 0 Å². The Morgan fingerprint density at radius 2 is 1.65 bits per heavy atom. The molecular weight excluding hydrogens is 392 g/mol. The number of hydrogen-bond donors (Lipinski definition) is 2. The van der Waals surface area contributed by atoms with Gasteiger partial charge in [-0.25, -0.2) is 0 Å². The molecule has 2 N–H and O–H groups in total. The highest BCUT2D eigenvalue weighted by molar-refractivity contribution is 6.32. The maximum Gasteiger partial charge on any atom is 0.193 e. The summed E-state index contributed by atoms with van der Waals surface area (Å²) in [5.74, 6) is -0.996. The van der Waals surface area contributed by atoms with Crippen molar-refractivity contribution >= 4 is 17.3 Å². The third-order valence-electron chi connectivity index (χ3n) is 5.73. The van der Waals surface area contributed by atoms with Gasteiger partial charge in [-0.05, 0) is 59.6 Å². The Labute approximate surface area is 184 Å². The molecule has 31 heavy (non-hydrogen) atoms. The normalized spacial score (nSPS) is 17.1. The molecule has 0 fully saturated rings. The lowest BCUT2D eigenvalue weighted by atomic mass is 9.65. The second kappa shape index (κ2) is 9.92. The maximum absolute atomic E-state index is 13.8. The summed E-state index contributed by atoms with van der Waals surface area (Å²) in [6.45, 7) is 9.24. The SMILES string of the molecule is COc1cccc(/C(O)=C2\C(=O)C=C(C)C(CC=C(C)C)(CC=C(C)C)C2=O)c1CO. The van der Waals surface area contributed by atoms with Gasteiger partial charge in [0.1, 0.15) is 17.1 Å². The van der Waals surface area contributed by atoms with Gasteiger partial charge in [-0.1, -0.05) is 41.0 Å². The van der Waals surface area contributed by atoms with E-state index in [1.165, 1.54) is 13.2 Å². The van der Waals surface area contributed by atoms with Gasteiger partial charge in [-0.2, -0.15) is 0 Å². The van der Waals surface area contributed by atoms with Crippen molar-refractivity contribution in [1.29, 1.82) is 0 Å². The van der Waals surface area contributed by atoms with E-state index in [9.17, 15) is 19.8 Å². The summed E-state index contributed by atoms with van der Waals surface area (Å²) < 4.78 is 5.26. The van der Waals surface area contributed by atoms with Gasteiger partial charge in [0.05, 0.1) is 19.1 Å². The molecule has 0 atom stereocenters. The van der Waals surface area contributed by atoms with E-state index in [1.54, 1.807) is 25.1 Å². The highest BCUT2D eigenvalue weighted by atomic mass is 16.5. The Hall–Kier alpha value is -2.92. The lowest BCUT2D eigenvalue weighted by Gasteiger charge is -2.36. The number of Topliss-reactive ketones (excluding diaryl/α,β-unsaturated/α-hetero) is 1. The monoisotopic (exact) mass is 424 g/mol. The van der Waals surface area contributed by atoms with Crippen molar-refractivity contribution in [2.75, 3.05) is 7.11 Å². The van der Waals surface area contributed by atoms with Gasteiger partial charge in [0.2, 0.25) is 0 Å². The minimum absolute atomic E-state index is 0.213. The van der Waals surface area contributed by atoms with Gasteiger partial charge in [-0.15, -0.1) is 0 Å². The van der Waals surface area contributed by atoms with Crippen LogP contribution in [-0.4, -0.2) is 28.9 Å². The first kappa shape index (κ1) is 24.4. The average molecular weight is 425 g/mol. The van der Waals surface area contributed by atoms with E-state index in [-0.39, 0.29) is 11.1 Å². The number of methoxy groups -OCH3 is 1. The molecule has 166 valence electrons. The molecule has 0 saturated carbocycles. The number of carbonyl (C=O) groups is 2. The van der Waals surface area contributed by atoms with Crippen molar-refractivity contribution in [2.45, 2.75) is 54.1 Å². The van der Waals surface area contributed by atoms with E-state index in [4.69, 9.17) is 4.74 Å². The van der Waals surface area contributed by atoms with Gasteiger partial charge >= 0.3 is 0 Å². The van der Waals surface area contributed by atoms with Gasteiger partial charge in [0, 0.05) is 11.1 Å². The molecule has 0 unspecified atom stereocenters. The predicted molar refractivity (Wildman–Crippen MR) is 123 cm³/mol. The molecule has 0 saturated heterocycles. The number of aliphatic hydroxyl groups is 2. The fourth-order valence-electron chi connectivity index (χ4n) is 3.79. The van der Waals surface area contributed by atoms with Crippen LogP contribution in [0, 0.1) is 5.41 Å². The van der Waals surface area contributed by atoms with E-state index >= 15 is 0 Å². The second-order valence-corrected chi connectivity index (χ2v) is 8.44. The van der Waals surface area contributed by atoms with Crippen molar-refractivity contribution < 1.29 is 24.5 Å². The molecule has 0 heterocycles. The van der Waals surface area contributed by atoms with Crippen molar-refractivity contribution in [2.24, 2.45) is 5.41 Å². The summed E-state index contributed by atoms with van der Waals surface area (Å²) in [4.78, 5) is 26.7. The number of benzene rings is 1. The van der Waals surface area contributed by atoms with Crippen LogP contribution in [0.25, 0.3) is 5.76 Å². The zero-order valence-corrected chi connectivity index (χ0v) is 19.2. The fourth-order valence-corrected chi connectivity index (χ4v) is 3.79. The van der Waals surface area contributed by atoms with Gasteiger partial charge in [0.25, 0.3) is 0 Å². The zero-order valence-electron chi connectivity index (χ0n) is 19.2. The molecule has 1 aliphatic rings. The smallest absolute Gasteiger partial charge is 0.193 e. The minimum atomic E-state index is -0.954. The Bertz CT molecular complexity index is 977. The second-order valence-electron chi connectivity index (χ2n) is 8.44. The first-order chi connectivity index (χ1) is 14.6. The van der Waals surface area contributed by atoms with Gasteiger partial charge in [-0.3, -0.25) is 9.59 Å². The topological polar surface area (TPSA) is 83.8 Å². The number of rotatable bonds is 7. The van der Waals surface area contributed by atoms with Crippen LogP contribution in [0.4, 0.5) is 0 Å². The number of ether oxygens (including phenoxy) is 1. The standard InChI is InChI=1S/C26H32O5/c1-16(2)10-12-26(13-11-17(3)4)18(5)14-21(28)23(25(26)30)24(29)19-8-7-9-22(31-6)20(19)15-27/h7-11,14,27,29H,12-13,15H2,1-6H3/b24-23-. The molecule has 5 nitrogen and oxygen atoms in total. The van der Waals surface area contributed by atoms with Gasteiger partial charge in [0.15, 0.2) is 11.6 Å². The number of carbonyl (C=O) groups excluding carboxylic acids is 2. The molecule has 0 aliphatic heterocycles. The summed E-state index contributed by atoms with van der Waals surface area (Å²) in [6, 6.07) is 4.86. The first-order valence-electron chi connectivity index (χ1n) is 10.3. The van der Waals surface area contributed by atoms with Gasteiger partial charge < -0.3 is 14.9 Å². The molecule has 1 aliphatic carbocycles. The fraction of sp³-hybridized carbons (Fsp3) is 0.385.